The van der Waals surface area contributed by atoms with Crippen LogP contribution in [0.3, 0.4) is 0 Å². The second kappa shape index (κ2) is 6.93. The highest BCUT2D eigenvalue weighted by Gasteiger charge is 2.30. The second-order valence-corrected chi connectivity index (χ2v) is 4.96. The fourth-order valence-corrected chi connectivity index (χ4v) is 2.02. The topological polar surface area (TPSA) is 93.7 Å². The van der Waals surface area contributed by atoms with Crippen LogP contribution in [0.1, 0.15) is 19.8 Å². The fraction of sp³-hybridized carbons (Fsp3) is 0.400. The Morgan fingerprint density at radius 1 is 1.32 bits per heavy atom. The zero-order valence-corrected chi connectivity index (χ0v) is 12.4. The molecule has 2 atom stereocenters. The number of amides is 2. The van der Waals surface area contributed by atoms with Crippen LogP contribution in [0.15, 0.2) is 24.3 Å². The molecular formula is C15H18N2O5. The Labute approximate surface area is 128 Å². The first-order valence-electron chi connectivity index (χ1n) is 6.94. The third kappa shape index (κ3) is 3.97. The third-order valence-electron chi connectivity index (χ3n) is 3.30. The van der Waals surface area contributed by atoms with Crippen molar-refractivity contribution in [1.29, 1.82) is 0 Å². The van der Waals surface area contributed by atoms with Crippen LogP contribution in [0.5, 0.6) is 5.75 Å². The second-order valence-electron chi connectivity index (χ2n) is 4.96. The summed E-state index contributed by atoms with van der Waals surface area (Å²) in [5.74, 6) is -0.544. The molecule has 1 aliphatic rings. The van der Waals surface area contributed by atoms with Gasteiger partial charge in [-0.05, 0) is 37.6 Å². The van der Waals surface area contributed by atoms with Crippen LogP contribution >= 0.6 is 0 Å². The van der Waals surface area contributed by atoms with Gasteiger partial charge in [0.25, 0.3) is 5.91 Å². The first kappa shape index (κ1) is 15.8. The van der Waals surface area contributed by atoms with E-state index in [1.165, 1.54) is 6.92 Å². The molecule has 1 aliphatic heterocycles. The molecule has 7 nitrogen and oxygen atoms in total. The Hall–Kier alpha value is -2.57. The molecule has 2 amide bonds. The Bertz CT molecular complexity index is 570. The normalized spacial score (nSPS) is 18.3. The lowest BCUT2D eigenvalue weighted by atomic mass is 10.2. The Morgan fingerprint density at radius 3 is 2.55 bits per heavy atom. The van der Waals surface area contributed by atoms with Crippen LogP contribution in [0.25, 0.3) is 0 Å². The van der Waals surface area contributed by atoms with Crippen LogP contribution in [-0.2, 0) is 19.1 Å². The quantitative estimate of drug-likeness (QED) is 0.786. The van der Waals surface area contributed by atoms with Crippen molar-refractivity contribution >= 4 is 23.5 Å². The monoisotopic (exact) mass is 306 g/mol. The van der Waals surface area contributed by atoms with Gasteiger partial charge in [-0.15, -0.1) is 0 Å². The van der Waals surface area contributed by atoms with Gasteiger partial charge < -0.3 is 20.1 Å². The number of hydrogen-bond acceptors (Lipinski definition) is 5. The number of carbonyl (C=O) groups is 3. The van der Waals surface area contributed by atoms with Gasteiger partial charge in [-0.2, -0.15) is 0 Å². The molecule has 118 valence electrons. The van der Waals surface area contributed by atoms with Crippen molar-refractivity contribution in [2.45, 2.75) is 31.9 Å². The molecule has 0 unspecified atom stereocenters. The molecule has 0 aromatic heterocycles. The van der Waals surface area contributed by atoms with E-state index < -0.39 is 24.0 Å². The number of anilines is 1. The number of benzene rings is 1. The van der Waals surface area contributed by atoms with E-state index in [9.17, 15) is 14.4 Å². The minimum atomic E-state index is -0.952. The molecule has 7 heteroatoms. The van der Waals surface area contributed by atoms with E-state index >= 15 is 0 Å². The van der Waals surface area contributed by atoms with Crippen molar-refractivity contribution in [1.82, 2.24) is 5.32 Å². The summed E-state index contributed by atoms with van der Waals surface area (Å²) in [6.07, 6.45) is -0.261. The standard InChI is InChI=1S/C15H18N2O5/c1-9(22-15(20)12-7-8-13(18)17-12)14(19)16-10-3-5-11(21-2)6-4-10/h3-6,9,12H,7-8H2,1-2H3,(H,16,19)(H,17,18)/t9-,12+/m1/s1. The van der Waals surface area contributed by atoms with E-state index in [1.807, 2.05) is 0 Å². The largest absolute Gasteiger partial charge is 0.497 e. The molecule has 0 radical (unpaired) electrons. The highest BCUT2D eigenvalue weighted by molar-refractivity contribution is 5.96. The minimum Gasteiger partial charge on any atom is -0.497 e. The van der Waals surface area contributed by atoms with Gasteiger partial charge in [-0.1, -0.05) is 0 Å². The van der Waals surface area contributed by atoms with Crippen molar-refractivity contribution < 1.29 is 23.9 Å². The first-order chi connectivity index (χ1) is 10.5. The average molecular weight is 306 g/mol. The van der Waals surface area contributed by atoms with Gasteiger partial charge in [-0.3, -0.25) is 9.59 Å². The first-order valence-corrected chi connectivity index (χ1v) is 6.94. The van der Waals surface area contributed by atoms with Crippen LogP contribution in [-0.4, -0.2) is 37.0 Å². The number of nitrogens with one attached hydrogen (secondary N) is 2. The van der Waals surface area contributed by atoms with Crippen LogP contribution < -0.4 is 15.4 Å². The number of hydrogen-bond donors (Lipinski definition) is 2. The molecule has 22 heavy (non-hydrogen) atoms. The Morgan fingerprint density at radius 2 is 2.00 bits per heavy atom. The average Bonchev–Trinajstić information content (AvgIpc) is 2.94. The van der Waals surface area contributed by atoms with Gasteiger partial charge in [0.15, 0.2) is 6.10 Å². The number of rotatable bonds is 5. The van der Waals surface area contributed by atoms with Crippen molar-refractivity contribution in [3.63, 3.8) is 0 Å². The smallest absolute Gasteiger partial charge is 0.329 e. The van der Waals surface area contributed by atoms with Gasteiger partial charge in [0.05, 0.1) is 7.11 Å². The minimum absolute atomic E-state index is 0.183. The molecule has 1 saturated heterocycles. The van der Waals surface area contributed by atoms with Crippen molar-refractivity contribution in [3.05, 3.63) is 24.3 Å². The summed E-state index contributed by atoms with van der Waals surface area (Å²) in [6, 6.07) is 6.12. The Balaban J connectivity index is 1.85. The van der Waals surface area contributed by atoms with Gasteiger partial charge in [0.1, 0.15) is 11.8 Å². The van der Waals surface area contributed by atoms with Crippen molar-refractivity contribution in [3.8, 4) is 5.75 Å². The van der Waals surface area contributed by atoms with Crippen LogP contribution in [0.4, 0.5) is 5.69 Å². The molecular weight excluding hydrogens is 288 g/mol. The van der Waals surface area contributed by atoms with Crippen molar-refractivity contribution in [2.75, 3.05) is 12.4 Å². The zero-order chi connectivity index (χ0) is 16.1. The lowest BCUT2D eigenvalue weighted by Crippen LogP contribution is -2.39. The molecule has 0 saturated carbocycles. The molecule has 0 bridgehead atoms. The molecule has 1 fully saturated rings. The van der Waals surface area contributed by atoms with Gasteiger partial charge in [-0.25, -0.2) is 4.79 Å². The van der Waals surface area contributed by atoms with Crippen molar-refractivity contribution in [2.24, 2.45) is 0 Å². The number of carbonyl (C=O) groups excluding carboxylic acids is 3. The summed E-state index contributed by atoms with van der Waals surface area (Å²) in [5.41, 5.74) is 0.572. The summed E-state index contributed by atoms with van der Waals surface area (Å²) < 4.78 is 10.1. The van der Waals surface area contributed by atoms with E-state index in [2.05, 4.69) is 10.6 Å². The zero-order valence-electron chi connectivity index (χ0n) is 12.4. The predicted molar refractivity (Wildman–Crippen MR) is 78.3 cm³/mol. The summed E-state index contributed by atoms with van der Waals surface area (Å²) in [7, 11) is 1.55. The van der Waals surface area contributed by atoms with Crippen LogP contribution in [0.2, 0.25) is 0 Å². The lowest BCUT2D eigenvalue weighted by molar-refractivity contribution is -0.155. The summed E-state index contributed by atoms with van der Waals surface area (Å²) in [5, 5.41) is 5.14. The third-order valence-corrected chi connectivity index (χ3v) is 3.30. The highest BCUT2D eigenvalue weighted by Crippen LogP contribution is 2.16. The summed E-state index contributed by atoms with van der Waals surface area (Å²) >= 11 is 0. The van der Waals surface area contributed by atoms with Gasteiger partial charge >= 0.3 is 5.97 Å². The number of methoxy groups -OCH3 is 1. The number of ether oxygens (including phenoxy) is 2. The van der Waals surface area contributed by atoms with E-state index in [0.717, 1.165) is 0 Å². The Kier molecular flexibility index (Phi) is 4.98. The van der Waals surface area contributed by atoms with Gasteiger partial charge in [0.2, 0.25) is 5.91 Å². The molecule has 2 N–H and O–H groups in total. The predicted octanol–water partition coefficient (Wildman–Crippen LogP) is 0.844. The SMILES string of the molecule is COc1ccc(NC(=O)[C@@H](C)OC(=O)[C@@H]2CCC(=O)N2)cc1. The van der Waals surface area contributed by atoms with Gasteiger partial charge in [0, 0.05) is 12.1 Å². The molecule has 0 aliphatic carbocycles. The maximum absolute atomic E-state index is 12.0. The lowest BCUT2D eigenvalue weighted by Gasteiger charge is -2.16. The van der Waals surface area contributed by atoms with E-state index in [0.29, 0.717) is 24.3 Å². The molecule has 0 spiro atoms. The van der Waals surface area contributed by atoms with Crippen LogP contribution in [0, 0.1) is 0 Å². The van der Waals surface area contributed by atoms with E-state index in [1.54, 1.807) is 31.4 Å². The summed E-state index contributed by atoms with van der Waals surface area (Å²) in [6.45, 7) is 1.48. The maximum Gasteiger partial charge on any atom is 0.329 e. The number of esters is 1. The molecule has 1 aromatic carbocycles. The summed E-state index contributed by atoms with van der Waals surface area (Å²) in [4.78, 5) is 34.8. The fourth-order valence-electron chi connectivity index (χ4n) is 2.02. The van der Waals surface area contributed by atoms with E-state index in [-0.39, 0.29) is 5.91 Å². The van der Waals surface area contributed by atoms with E-state index in [4.69, 9.17) is 9.47 Å². The molecule has 1 aromatic rings. The molecule has 2 rings (SSSR count). The highest BCUT2D eigenvalue weighted by atomic mass is 16.5. The molecule has 1 heterocycles. The maximum atomic E-state index is 12.0.